The van der Waals surface area contributed by atoms with Gasteiger partial charge in [0.25, 0.3) is 5.91 Å². The average Bonchev–Trinajstić information content (AvgIpc) is 2.54. The van der Waals surface area contributed by atoms with Gasteiger partial charge in [0, 0.05) is 12.6 Å². The fourth-order valence-electron chi connectivity index (χ4n) is 2.94. The summed E-state index contributed by atoms with van der Waals surface area (Å²) in [6.07, 6.45) is 0.572. The fourth-order valence-corrected chi connectivity index (χ4v) is 2.94. The molecule has 1 aromatic carbocycles. The quantitative estimate of drug-likeness (QED) is 0.897. The number of hydrogen-bond donors (Lipinski definition) is 1. The largest absolute Gasteiger partial charge is 0.485 e. The molecule has 0 aliphatic carbocycles. The SMILES string of the molecule is CC1CCC(C(=O)O)CN1C(=O)C1COc2ccccc2O1. The van der Waals surface area contributed by atoms with Gasteiger partial charge in [0.05, 0.1) is 5.92 Å². The molecule has 0 radical (unpaired) electrons. The summed E-state index contributed by atoms with van der Waals surface area (Å²) in [5.74, 6) is -0.381. The highest BCUT2D eigenvalue weighted by Gasteiger charge is 2.38. The predicted molar refractivity (Wildman–Crippen MR) is 77.9 cm³/mol. The Labute approximate surface area is 128 Å². The molecule has 2 heterocycles. The van der Waals surface area contributed by atoms with Crippen molar-refractivity contribution in [3.63, 3.8) is 0 Å². The molecule has 1 fully saturated rings. The van der Waals surface area contributed by atoms with E-state index in [4.69, 9.17) is 9.47 Å². The number of rotatable bonds is 2. The van der Waals surface area contributed by atoms with Gasteiger partial charge in [-0.05, 0) is 31.9 Å². The standard InChI is InChI=1S/C16H19NO5/c1-10-6-7-11(16(19)20)8-17(10)15(18)14-9-21-12-4-2-3-5-13(12)22-14/h2-5,10-11,14H,6-9H2,1H3,(H,19,20). The lowest BCUT2D eigenvalue weighted by Gasteiger charge is -2.39. The summed E-state index contributed by atoms with van der Waals surface area (Å²) in [6, 6.07) is 7.23. The van der Waals surface area contributed by atoms with Gasteiger partial charge in [0.1, 0.15) is 6.61 Å². The molecule has 3 unspecified atom stereocenters. The summed E-state index contributed by atoms with van der Waals surface area (Å²) in [6.45, 7) is 2.32. The number of likely N-dealkylation sites (tertiary alicyclic amines) is 1. The number of carboxylic acid groups (broad SMARTS) is 1. The minimum Gasteiger partial charge on any atom is -0.485 e. The predicted octanol–water partition coefficient (Wildman–Crippen LogP) is 1.54. The topological polar surface area (TPSA) is 76.1 Å². The molecular formula is C16H19NO5. The van der Waals surface area contributed by atoms with Crippen LogP contribution in [0.1, 0.15) is 19.8 Å². The van der Waals surface area contributed by atoms with E-state index < -0.39 is 18.0 Å². The van der Waals surface area contributed by atoms with Crippen molar-refractivity contribution < 1.29 is 24.2 Å². The van der Waals surface area contributed by atoms with Crippen LogP contribution in [0.25, 0.3) is 0 Å². The summed E-state index contributed by atoms with van der Waals surface area (Å²) < 4.78 is 11.3. The van der Waals surface area contributed by atoms with Gasteiger partial charge in [-0.25, -0.2) is 0 Å². The molecule has 1 N–H and O–H groups in total. The lowest BCUT2D eigenvalue weighted by atomic mass is 9.93. The molecule has 2 aliphatic heterocycles. The Balaban J connectivity index is 1.72. The second-order valence-electron chi connectivity index (χ2n) is 5.82. The van der Waals surface area contributed by atoms with Crippen molar-refractivity contribution in [1.82, 2.24) is 4.90 Å². The van der Waals surface area contributed by atoms with E-state index in [9.17, 15) is 14.7 Å². The first-order chi connectivity index (χ1) is 10.6. The minimum absolute atomic E-state index is 0.0175. The molecule has 3 rings (SSSR count). The van der Waals surface area contributed by atoms with E-state index in [2.05, 4.69) is 0 Å². The van der Waals surface area contributed by atoms with Crippen LogP contribution in [0.3, 0.4) is 0 Å². The third-order valence-electron chi connectivity index (χ3n) is 4.30. The van der Waals surface area contributed by atoms with Crippen molar-refractivity contribution in [3.8, 4) is 11.5 Å². The number of nitrogens with zero attached hydrogens (tertiary/aromatic N) is 1. The number of para-hydroxylation sites is 2. The number of carbonyl (C=O) groups is 2. The molecule has 0 saturated carbocycles. The van der Waals surface area contributed by atoms with Crippen LogP contribution in [0.4, 0.5) is 0 Å². The van der Waals surface area contributed by atoms with Gasteiger partial charge in [-0.2, -0.15) is 0 Å². The molecule has 0 spiro atoms. The Hall–Kier alpha value is -2.24. The Bertz CT molecular complexity index is 588. The highest BCUT2D eigenvalue weighted by molar-refractivity contribution is 5.83. The second kappa shape index (κ2) is 5.87. The van der Waals surface area contributed by atoms with Gasteiger partial charge in [-0.3, -0.25) is 9.59 Å². The monoisotopic (exact) mass is 305 g/mol. The third kappa shape index (κ3) is 2.73. The molecule has 1 saturated heterocycles. The Kier molecular flexibility index (Phi) is 3.92. The number of carboxylic acids is 1. The summed E-state index contributed by atoms with van der Waals surface area (Å²) >= 11 is 0. The number of ether oxygens (including phenoxy) is 2. The summed E-state index contributed by atoms with van der Waals surface area (Å²) in [5, 5.41) is 9.17. The van der Waals surface area contributed by atoms with Gasteiger partial charge in [-0.15, -0.1) is 0 Å². The molecule has 2 aliphatic rings. The van der Waals surface area contributed by atoms with E-state index in [-0.39, 0.29) is 25.1 Å². The lowest BCUT2D eigenvalue weighted by molar-refractivity contribution is -0.151. The number of carbonyl (C=O) groups excluding carboxylic acids is 1. The number of piperidine rings is 1. The second-order valence-corrected chi connectivity index (χ2v) is 5.82. The highest BCUT2D eigenvalue weighted by Crippen LogP contribution is 2.32. The zero-order valence-corrected chi connectivity index (χ0v) is 12.4. The summed E-state index contributed by atoms with van der Waals surface area (Å²) in [5.41, 5.74) is 0. The number of benzene rings is 1. The summed E-state index contributed by atoms with van der Waals surface area (Å²) in [4.78, 5) is 25.5. The highest BCUT2D eigenvalue weighted by atomic mass is 16.6. The van der Waals surface area contributed by atoms with Crippen LogP contribution in [0.5, 0.6) is 11.5 Å². The number of aliphatic carboxylic acids is 1. The Morgan fingerprint density at radius 2 is 1.95 bits per heavy atom. The normalized spacial score (nSPS) is 27.3. The van der Waals surface area contributed by atoms with E-state index in [1.54, 1.807) is 17.0 Å². The molecule has 0 bridgehead atoms. The van der Waals surface area contributed by atoms with Crippen LogP contribution in [-0.2, 0) is 9.59 Å². The van der Waals surface area contributed by atoms with Crippen molar-refractivity contribution in [1.29, 1.82) is 0 Å². The van der Waals surface area contributed by atoms with Crippen molar-refractivity contribution >= 4 is 11.9 Å². The van der Waals surface area contributed by atoms with Crippen LogP contribution in [0.15, 0.2) is 24.3 Å². The molecule has 118 valence electrons. The van der Waals surface area contributed by atoms with Crippen LogP contribution in [-0.4, -0.2) is 47.2 Å². The number of amides is 1. The molecule has 1 aromatic rings. The lowest BCUT2D eigenvalue weighted by Crippen LogP contribution is -2.54. The molecule has 22 heavy (non-hydrogen) atoms. The maximum atomic E-state index is 12.7. The minimum atomic E-state index is -0.851. The first-order valence-corrected chi connectivity index (χ1v) is 7.48. The van der Waals surface area contributed by atoms with Gasteiger partial charge in [0.2, 0.25) is 6.10 Å². The molecular weight excluding hydrogens is 286 g/mol. The number of fused-ring (bicyclic) bond motifs is 1. The zero-order valence-electron chi connectivity index (χ0n) is 12.4. The molecule has 3 atom stereocenters. The maximum Gasteiger partial charge on any atom is 0.308 e. The molecule has 0 aromatic heterocycles. The van der Waals surface area contributed by atoms with Crippen molar-refractivity contribution in [3.05, 3.63) is 24.3 Å². The van der Waals surface area contributed by atoms with Gasteiger partial charge in [-0.1, -0.05) is 12.1 Å². The average molecular weight is 305 g/mol. The van der Waals surface area contributed by atoms with Gasteiger partial charge >= 0.3 is 5.97 Å². The van der Waals surface area contributed by atoms with E-state index in [0.29, 0.717) is 24.3 Å². The van der Waals surface area contributed by atoms with E-state index in [1.165, 1.54) is 0 Å². The van der Waals surface area contributed by atoms with Crippen molar-refractivity contribution in [2.45, 2.75) is 31.9 Å². The first kappa shape index (κ1) is 14.7. The zero-order chi connectivity index (χ0) is 15.7. The summed E-state index contributed by atoms with van der Waals surface area (Å²) in [7, 11) is 0. The number of hydrogen-bond acceptors (Lipinski definition) is 4. The van der Waals surface area contributed by atoms with Crippen LogP contribution >= 0.6 is 0 Å². The van der Waals surface area contributed by atoms with E-state index in [1.807, 2.05) is 19.1 Å². The van der Waals surface area contributed by atoms with Crippen LogP contribution < -0.4 is 9.47 Å². The Morgan fingerprint density at radius 1 is 1.23 bits per heavy atom. The first-order valence-electron chi connectivity index (χ1n) is 7.48. The van der Waals surface area contributed by atoms with Crippen LogP contribution in [0, 0.1) is 5.92 Å². The smallest absolute Gasteiger partial charge is 0.308 e. The fraction of sp³-hybridized carbons (Fsp3) is 0.500. The molecule has 6 heteroatoms. The van der Waals surface area contributed by atoms with Gasteiger partial charge in [0.15, 0.2) is 11.5 Å². The third-order valence-corrected chi connectivity index (χ3v) is 4.30. The van der Waals surface area contributed by atoms with Crippen LogP contribution in [0.2, 0.25) is 0 Å². The van der Waals surface area contributed by atoms with E-state index in [0.717, 1.165) is 0 Å². The molecule has 1 amide bonds. The van der Waals surface area contributed by atoms with Gasteiger partial charge < -0.3 is 19.5 Å². The maximum absolute atomic E-state index is 12.7. The Morgan fingerprint density at radius 3 is 2.68 bits per heavy atom. The van der Waals surface area contributed by atoms with Crippen molar-refractivity contribution in [2.24, 2.45) is 5.92 Å². The van der Waals surface area contributed by atoms with Crippen molar-refractivity contribution in [2.75, 3.05) is 13.2 Å². The van der Waals surface area contributed by atoms with E-state index >= 15 is 0 Å². The molecule has 6 nitrogen and oxygen atoms in total.